The summed E-state index contributed by atoms with van der Waals surface area (Å²) in [7, 11) is 0. The van der Waals surface area contributed by atoms with E-state index in [9.17, 15) is 0 Å². The van der Waals surface area contributed by atoms with Crippen LogP contribution in [0.5, 0.6) is 0 Å². The van der Waals surface area contributed by atoms with Crippen LogP contribution in [0.1, 0.15) is 45.4 Å². The second-order valence-electron chi connectivity index (χ2n) is 6.27. The molecule has 2 atom stereocenters. The molecule has 0 aliphatic heterocycles. The Bertz CT molecular complexity index is 239. The molecule has 3 aliphatic carbocycles. The van der Waals surface area contributed by atoms with Gasteiger partial charge in [-0.15, -0.1) is 0 Å². The fourth-order valence-corrected chi connectivity index (χ4v) is 3.52. The SMILES string of the molecule is CCOCCC1(CNC2CC2)CC2CC2C1. The number of fused-ring (bicyclic) bond motifs is 1. The number of hydrogen-bond acceptors (Lipinski definition) is 2. The molecule has 3 aliphatic rings. The maximum atomic E-state index is 5.57. The minimum absolute atomic E-state index is 0.603. The molecule has 0 bridgehead atoms. The zero-order valence-corrected chi connectivity index (χ0v) is 10.5. The summed E-state index contributed by atoms with van der Waals surface area (Å²) in [6, 6.07) is 0.862. The fourth-order valence-electron chi connectivity index (χ4n) is 3.52. The smallest absolute Gasteiger partial charge is 0.0471 e. The molecule has 0 aromatic rings. The van der Waals surface area contributed by atoms with Gasteiger partial charge in [0.25, 0.3) is 0 Å². The molecule has 0 heterocycles. The molecule has 2 heteroatoms. The van der Waals surface area contributed by atoms with Gasteiger partial charge >= 0.3 is 0 Å². The molecule has 3 saturated carbocycles. The van der Waals surface area contributed by atoms with E-state index in [2.05, 4.69) is 12.2 Å². The molecule has 0 spiro atoms. The lowest BCUT2D eigenvalue weighted by Crippen LogP contribution is -2.35. The zero-order chi connectivity index (χ0) is 11.0. The van der Waals surface area contributed by atoms with Crippen molar-refractivity contribution in [1.82, 2.24) is 5.32 Å². The van der Waals surface area contributed by atoms with Crippen molar-refractivity contribution in [1.29, 1.82) is 0 Å². The van der Waals surface area contributed by atoms with Gasteiger partial charge in [-0.2, -0.15) is 0 Å². The van der Waals surface area contributed by atoms with Gasteiger partial charge in [-0.3, -0.25) is 0 Å². The first-order valence-corrected chi connectivity index (χ1v) is 7.12. The molecule has 16 heavy (non-hydrogen) atoms. The lowest BCUT2D eigenvalue weighted by atomic mass is 9.80. The molecule has 0 saturated heterocycles. The molecule has 0 aromatic carbocycles. The van der Waals surface area contributed by atoms with E-state index < -0.39 is 0 Å². The quantitative estimate of drug-likeness (QED) is 0.670. The van der Waals surface area contributed by atoms with E-state index >= 15 is 0 Å². The topological polar surface area (TPSA) is 21.3 Å². The van der Waals surface area contributed by atoms with Crippen molar-refractivity contribution in [2.24, 2.45) is 17.3 Å². The van der Waals surface area contributed by atoms with Crippen LogP contribution in [-0.2, 0) is 4.74 Å². The maximum absolute atomic E-state index is 5.57. The molecule has 0 amide bonds. The van der Waals surface area contributed by atoms with Gasteiger partial charge in [0.1, 0.15) is 0 Å². The van der Waals surface area contributed by atoms with Gasteiger partial charge in [0.05, 0.1) is 0 Å². The second kappa shape index (κ2) is 4.30. The van der Waals surface area contributed by atoms with Crippen molar-refractivity contribution in [3.05, 3.63) is 0 Å². The first kappa shape index (κ1) is 11.0. The van der Waals surface area contributed by atoms with Gasteiger partial charge in [-0.1, -0.05) is 0 Å². The Morgan fingerprint density at radius 1 is 1.25 bits per heavy atom. The molecule has 2 nitrogen and oxygen atoms in total. The summed E-state index contributed by atoms with van der Waals surface area (Å²) in [6.45, 7) is 5.21. The van der Waals surface area contributed by atoms with Crippen molar-refractivity contribution >= 4 is 0 Å². The standard InChI is InChI=1S/C14H25NO/c1-2-16-6-5-14(10-15-13-3-4-13)8-11-7-12(11)9-14/h11-13,15H,2-10H2,1H3. The Hall–Kier alpha value is -0.0800. The summed E-state index contributed by atoms with van der Waals surface area (Å²) in [4.78, 5) is 0. The van der Waals surface area contributed by atoms with Gasteiger partial charge in [0.15, 0.2) is 0 Å². The molecule has 0 aromatic heterocycles. The van der Waals surface area contributed by atoms with E-state index in [4.69, 9.17) is 4.74 Å². The number of hydrogen-bond donors (Lipinski definition) is 1. The first-order valence-electron chi connectivity index (χ1n) is 7.12. The van der Waals surface area contributed by atoms with Crippen molar-refractivity contribution in [2.45, 2.75) is 51.5 Å². The number of ether oxygens (including phenoxy) is 1. The average molecular weight is 223 g/mol. The summed E-state index contributed by atoms with van der Waals surface area (Å²) < 4.78 is 5.57. The van der Waals surface area contributed by atoms with Crippen LogP contribution in [0.2, 0.25) is 0 Å². The zero-order valence-electron chi connectivity index (χ0n) is 10.5. The lowest BCUT2D eigenvalue weighted by Gasteiger charge is -2.31. The van der Waals surface area contributed by atoms with E-state index in [1.807, 2.05) is 0 Å². The normalized spacial score (nSPS) is 41.1. The van der Waals surface area contributed by atoms with Crippen LogP contribution < -0.4 is 5.32 Å². The maximum Gasteiger partial charge on any atom is 0.0471 e. The largest absolute Gasteiger partial charge is 0.382 e. The van der Waals surface area contributed by atoms with Gasteiger partial charge in [0.2, 0.25) is 0 Å². The van der Waals surface area contributed by atoms with Crippen molar-refractivity contribution < 1.29 is 4.74 Å². The highest BCUT2D eigenvalue weighted by atomic mass is 16.5. The predicted octanol–water partition coefficient (Wildman–Crippen LogP) is 2.58. The Balaban J connectivity index is 1.50. The van der Waals surface area contributed by atoms with Crippen LogP contribution in [0.4, 0.5) is 0 Å². The molecule has 3 fully saturated rings. The summed E-state index contributed by atoms with van der Waals surface area (Å²) >= 11 is 0. The van der Waals surface area contributed by atoms with Crippen LogP contribution in [-0.4, -0.2) is 25.8 Å². The molecular weight excluding hydrogens is 198 g/mol. The van der Waals surface area contributed by atoms with Crippen molar-refractivity contribution in [3.63, 3.8) is 0 Å². The second-order valence-corrected chi connectivity index (χ2v) is 6.27. The fraction of sp³-hybridized carbons (Fsp3) is 1.00. The van der Waals surface area contributed by atoms with Gasteiger partial charge < -0.3 is 10.1 Å². The molecule has 3 rings (SSSR count). The van der Waals surface area contributed by atoms with Crippen LogP contribution in [0.15, 0.2) is 0 Å². The van der Waals surface area contributed by atoms with Crippen molar-refractivity contribution in [3.8, 4) is 0 Å². The highest BCUT2D eigenvalue weighted by Crippen LogP contribution is 2.60. The van der Waals surface area contributed by atoms with Crippen LogP contribution in [0.25, 0.3) is 0 Å². The van der Waals surface area contributed by atoms with Crippen molar-refractivity contribution in [2.75, 3.05) is 19.8 Å². The van der Waals surface area contributed by atoms with Gasteiger partial charge in [0, 0.05) is 25.8 Å². The highest BCUT2D eigenvalue weighted by molar-refractivity contribution is 5.04. The van der Waals surface area contributed by atoms with Crippen LogP contribution in [0, 0.1) is 17.3 Å². The van der Waals surface area contributed by atoms with Gasteiger partial charge in [-0.25, -0.2) is 0 Å². The monoisotopic (exact) mass is 223 g/mol. The molecule has 1 N–H and O–H groups in total. The van der Waals surface area contributed by atoms with E-state index in [0.29, 0.717) is 5.41 Å². The summed E-state index contributed by atoms with van der Waals surface area (Å²) in [5.41, 5.74) is 0.603. The molecule has 2 unspecified atom stereocenters. The Kier molecular flexibility index (Phi) is 2.97. The minimum atomic E-state index is 0.603. The minimum Gasteiger partial charge on any atom is -0.382 e. The third kappa shape index (κ3) is 2.43. The van der Waals surface area contributed by atoms with Gasteiger partial charge in [-0.05, 0) is 62.7 Å². The predicted molar refractivity (Wildman–Crippen MR) is 65.4 cm³/mol. The lowest BCUT2D eigenvalue weighted by molar-refractivity contribution is 0.0970. The number of rotatable bonds is 7. The first-order chi connectivity index (χ1) is 7.81. The highest BCUT2D eigenvalue weighted by Gasteiger charge is 2.53. The molecular formula is C14H25NO. The average Bonchev–Trinajstić information content (AvgIpc) is 3.18. The van der Waals surface area contributed by atoms with E-state index in [0.717, 1.165) is 31.1 Å². The third-order valence-electron chi connectivity index (χ3n) is 4.78. The van der Waals surface area contributed by atoms with E-state index in [-0.39, 0.29) is 0 Å². The summed E-state index contributed by atoms with van der Waals surface area (Å²) in [6.07, 6.45) is 8.59. The van der Waals surface area contributed by atoms with E-state index in [1.165, 1.54) is 45.1 Å². The number of nitrogens with one attached hydrogen (secondary N) is 1. The third-order valence-corrected chi connectivity index (χ3v) is 4.78. The Labute approximate surface area is 99.1 Å². The molecule has 0 radical (unpaired) electrons. The van der Waals surface area contributed by atoms with Crippen LogP contribution in [0.3, 0.4) is 0 Å². The Morgan fingerprint density at radius 2 is 2.00 bits per heavy atom. The summed E-state index contributed by atoms with van der Waals surface area (Å²) in [5, 5.41) is 3.75. The van der Waals surface area contributed by atoms with Crippen LogP contribution >= 0.6 is 0 Å². The van der Waals surface area contributed by atoms with E-state index in [1.54, 1.807) is 0 Å². The molecule has 92 valence electrons. The Morgan fingerprint density at radius 3 is 2.62 bits per heavy atom. The summed E-state index contributed by atoms with van der Waals surface area (Å²) in [5.74, 6) is 2.17.